The number of carbonyl (C=O) groups excluding carboxylic acids is 1. The number of hydrogen-bond acceptors (Lipinski definition) is 4. The van der Waals surface area contributed by atoms with Crippen LogP contribution in [0.2, 0.25) is 0 Å². The molecular formula is C20H25N3O3S. The average Bonchev–Trinajstić information content (AvgIpc) is 2.69. The molecule has 0 spiro atoms. The zero-order valence-corrected chi connectivity index (χ0v) is 16.4. The van der Waals surface area contributed by atoms with Crippen LogP contribution in [0.3, 0.4) is 0 Å². The van der Waals surface area contributed by atoms with Crippen molar-refractivity contribution in [2.75, 3.05) is 37.4 Å². The van der Waals surface area contributed by atoms with Gasteiger partial charge < -0.3 is 10.2 Å². The second-order valence-corrected chi connectivity index (χ2v) is 8.88. The number of amides is 1. The van der Waals surface area contributed by atoms with Crippen LogP contribution in [0.4, 0.5) is 11.4 Å². The highest BCUT2D eigenvalue weighted by Gasteiger charge is 2.33. The van der Waals surface area contributed by atoms with E-state index >= 15 is 0 Å². The predicted molar refractivity (Wildman–Crippen MR) is 107 cm³/mol. The Bertz CT molecular complexity index is 880. The first-order valence-electron chi connectivity index (χ1n) is 9.01. The van der Waals surface area contributed by atoms with E-state index in [0.717, 1.165) is 5.69 Å². The quantitative estimate of drug-likeness (QED) is 0.857. The van der Waals surface area contributed by atoms with Crippen LogP contribution in [0.25, 0.3) is 0 Å². The third kappa shape index (κ3) is 4.48. The van der Waals surface area contributed by atoms with Crippen LogP contribution in [-0.2, 0) is 14.8 Å². The fourth-order valence-corrected chi connectivity index (χ4v) is 4.75. The van der Waals surface area contributed by atoms with Crippen LogP contribution in [0.15, 0.2) is 59.5 Å². The van der Waals surface area contributed by atoms with Gasteiger partial charge in [-0.3, -0.25) is 4.79 Å². The zero-order chi connectivity index (χ0) is 19.4. The molecule has 3 rings (SSSR count). The lowest BCUT2D eigenvalue weighted by Gasteiger charge is -2.31. The van der Waals surface area contributed by atoms with E-state index in [0.29, 0.717) is 25.1 Å². The Morgan fingerprint density at radius 1 is 1.07 bits per heavy atom. The van der Waals surface area contributed by atoms with Crippen molar-refractivity contribution in [3.05, 3.63) is 54.6 Å². The molecule has 1 aliphatic heterocycles. The van der Waals surface area contributed by atoms with Gasteiger partial charge in [0.25, 0.3) is 0 Å². The van der Waals surface area contributed by atoms with Gasteiger partial charge in [-0.2, -0.15) is 4.31 Å². The lowest BCUT2D eigenvalue weighted by molar-refractivity contribution is -0.120. The van der Waals surface area contributed by atoms with Crippen LogP contribution < -0.4 is 10.2 Å². The second-order valence-electron chi connectivity index (χ2n) is 6.95. The molecule has 0 saturated carbocycles. The SMILES string of the molecule is CN(C)c1ccc(NC(=O)[C@H]2CCCN(S(=O)(=O)c3ccccc3)C2)cc1. The van der Waals surface area contributed by atoms with Gasteiger partial charge >= 0.3 is 0 Å². The summed E-state index contributed by atoms with van der Waals surface area (Å²) < 4.78 is 27.0. The van der Waals surface area contributed by atoms with Crippen molar-refractivity contribution in [1.82, 2.24) is 4.31 Å². The fraction of sp³-hybridized carbons (Fsp3) is 0.350. The number of hydrogen-bond donors (Lipinski definition) is 1. The molecule has 0 radical (unpaired) electrons. The van der Waals surface area contributed by atoms with E-state index in [1.165, 1.54) is 4.31 Å². The summed E-state index contributed by atoms with van der Waals surface area (Å²) in [5.74, 6) is -0.494. The standard InChI is InChI=1S/C20H25N3O3S/c1-22(2)18-12-10-17(11-13-18)21-20(24)16-7-6-14-23(15-16)27(25,26)19-8-4-3-5-9-19/h3-5,8-13,16H,6-7,14-15H2,1-2H3,(H,21,24)/t16-/m0/s1. The molecule has 1 atom stereocenters. The monoisotopic (exact) mass is 387 g/mol. The third-order valence-electron chi connectivity index (χ3n) is 4.79. The Labute approximate surface area is 160 Å². The van der Waals surface area contributed by atoms with Crippen LogP contribution in [0, 0.1) is 5.92 Å². The Morgan fingerprint density at radius 3 is 2.37 bits per heavy atom. The highest BCUT2D eigenvalue weighted by molar-refractivity contribution is 7.89. The minimum atomic E-state index is -3.57. The van der Waals surface area contributed by atoms with E-state index in [-0.39, 0.29) is 23.3 Å². The lowest BCUT2D eigenvalue weighted by Crippen LogP contribution is -2.43. The van der Waals surface area contributed by atoms with E-state index in [2.05, 4.69) is 5.32 Å². The Hall–Kier alpha value is -2.38. The first-order valence-corrected chi connectivity index (χ1v) is 10.5. The largest absolute Gasteiger partial charge is 0.378 e. The van der Waals surface area contributed by atoms with E-state index in [1.807, 2.05) is 43.3 Å². The molecule has 1 aliphatic rings. The Kier molecular flexibility index (Phi) is 5.82. The second kappa shape index (κ2) is 8.10. The number of rotatable bonds is 5. The zero-order valence-electron chi connectivity index (χ0n) is 15.6. The van der Waals surface area contributed by atoms with Crippen molar-refractivity contribution in [2.45, 2.75) is 17.7 Å². The maximum Gasteiger partial charge on any atom is 0.243 e. The van der Waals surface area contributed by atoms with Gasteiger partial charge in [-0.25, -0.2) is 8.42 Å². The van der Waals surface area contributed by atoms with Gasteiger partial charge in [0.1, 0.15) is 0 Å². The summed E-state index contributed by atoms with van der Waals surface area (Å²) in [5.41, 5.74) is 1.76. The van der Waals surface area contributed by atoms with Gasteiger partial charge in [0, 0.05) is 38.6 Å². The summed E-state index contributed by atoms with van der Waals surface area (Å²) in [4.78, 5) is 14.9. The van der Waals surface area contributed by atoms with Crippen LogP contribution >= 0.6 is 0 Å². The number of nitrogens with zero attached hydrogens (tertiary/aromatic N) is 2. The highest BCUT2D eigenvalue weighted by atomic mass is 32.2. The van der Waals surface area contributed by atoms with E-state index in [9.17, 15) is 13.2 Å². The summed E-state index contributed by atoms with van der Waals surface area (Å²) in [6.45, 7) is 0.650. The van der Waals surface area contributed by atoms with Crippen molar-refractivity contribution in [1.29, 1.82) is 0 Å². The summed E-state index contributed by atoms with van der Waals surface area (Å²) in [7, 11) is 0.343. The third-order valence-corrected chi connectivity index (χ3v) is 6.67. The minimum absolute atomic E-state index is 0.138. The smallest absolute Gasteiger partial charge is 0.243 e. The van der Waals surface area contributed by atoms with Gasteiger partial charge in [0.2, 0.25) is 15.9 Å². The maximum absolute atomic E-state index is 12.8. The predicted octanol–water partition coefficient (Wildman–Crippen LogP) is 2.79. The minimum Gasteiger partial charge on any atom is -0.378 e. The van der Waals surface area contributed by atoms with Gasteiger partial charge in [-0.1, -0.05) is 18.2 Å². The summed E-state index contributed by atoms with van der Waals surface area (Å²) >= 11 is 0. The molecule has 7 heteroatoms. The fourth-order valence-electron chi connectivity index (χ4n) is 3.20. The molecular weight excluding hydrogens is 362 g/mol. The topological polar surface area (TPSA) is 69.7 Å². The maximum atomic E-state index is 12.8. The van der Waals surface area contributed by atoms with E-state index in [1.54, 1.807) is 30.3 Å². The van der Waals surface area contributed by atoms with Crippen molar-refractivity contribution in [2.24, 2.45) is 5.92 Å². The molecule has 1 heterocycles. The first kappa shape index (κ1) is 19.4. The average molecular weight is 388 g/mol. The molecule has 0 bridgehead atoms. The normalized spacial score (nSPS) is 18.1. The van der Waals surface area contributed by atoms with E-state index in [4.69, 9.17) is 0 Å². The molecule has 27 heavy (non-hydrogen) atoms. The Morgan fingerprint density at radius 2 is 1.74 bits per heavy atom. The van der Waals surface area contributed by atoms with Crippen LogP contribution in [0.1, 0.15) is 12.8 Å². The lowest BCUT2D eigenvalue weighted by atomic mass is 9.98. The van der Waals surface area contributed by atoms with Gasteiger partial charge in [0.05, 0.1) is 10.8 Å². The number of anilines is 2. The number of nitrogens with one attached hydrogen (secondary N) is 1. The van der Waals surface area contributed by atoms with E-state index < -0.39 is 10.0 Å². The molecule has 2 aromatic carbocycles. The highest BCUT2D eigenvalue weighted by Crippen LogP contribution is 2.25. The summed E-state index contributed by atoms with van der Waals surface area (Å²) in [6, 6.07) is 16.0. The summed E-state index contributed by atoms with van der Waals surface area (Å²) in [5, 5.41) is 2.91. The molecule has 1 N–H and O–H groups in total. The first-order chi connectivity index (χ1) is 12.9. The van der Waals surface area contributed by atoms with Gasteiger partial charge in [0.15, 0.2) is 0 Å². The van der Waals surface area contributed by atoms with Crippen molar-refractivity contribution in [3.63, 3.8) is 0 Å². The molecule has 0 unspecified atom stereocenters. The van der Waals surface area contributed by atoms with Crippen molar-refractivity contribution < 1.29 is 13.2 Å². The Balaban J connectivity index is 1.68. The number of piperidine rings is 1. The van der Waals surface area contributed by atoms with Gasteiger partial charge in [-0.05, 0) is 49.2 Å². The number of sulfonamides is 1. The van der Waals surface area contributed by atoms with Crippen LogP contribution in [-0.4, -0.2) is 45.8 Å². The van der Waals surface area contributed by atoms with Gasteiger partial charge in [-0.15, -0.1) is 0 Å². The molecule has 1 fully saturated rings. The van der Waals surface area contributed by atoms with Crippen LogP contribution in [0.5, 0.6) is 0 Å². The van der Waals surface area contributed by atoms with Crippen molar-refractivity contribution >= 4 is 27.3 Å². The van der Waals surface area contributed by atoms with Crippen molar-refractivity contribution in [3.8, 4) is 0 Å². The molecule has 2 aromatic rings. The molecule has 1 amide bonds. The number of carbonyl (C=O) groups is 1. The molecule has 1 saturated heterocycles. The number of benzene rings is 2. The molecule has 144 valence electrons. The molecule has 0 aliphatic carbocycles. The molecule has 6 nitrogen and oxygen atoms in total. The summed E-state index contributed by atoms with van der Waals surface area (Å²) in [6.07, 6.45) is 1.35. The molecule has 0 aromatic heterocycles.